The van der Waals surface area contributed by atoms with Gasteiger partial charge in [0.05, 0.1) is 13.2 Å². The lowest BCUT2D eigenvalue weighted by atomic mass is 10.1. The van der Waals surface area contributed by atoms with Crippen LogP contribution >= 0.6 is 0 Å². The molecule has 0 spiro atoms. The second kappa shape index (κ2) is 14.0. The van der Waals surface area contributed by atoms with Crippen molar-refractivity contribution < 1.29 is 18.7 Å². The van der Waals surface area contributed by atoms with E-state index in [0.29, 0.717) is 31.4 Å². The molecule has 1 N–H and O–H groups in total. The maximum Gasteiger partial charge on any atom is 0.318 e. The third-order valence-electron chi connectivity index (χ3n) is 6.84. The summed E-state index contributed by atoms with van der Waals surface area (Å²) in [6.45, 7) is 7.80. The number of halogens is 1. The molecule has 39 heavy (non-hydrogen) atoms. The Morgan fingerprint density at radius 2 is 1.69 bits per heavy atom. The van der Waals surface area contributed by atoms with Gasteiger partial charge in [0.25, 0.3) is 0 Å². The third-order valence-corrected chi connectivity index (χ3v) is 6.84. The Hall–Kier alpha value is -3.58. The predicted octanol–water partition coefficient (Wildman–Crippen LogP) is 6.25. The van der Waals surface area contributed by atoms with Crippen molar-refractivity contribution in [2.24, 2.45) is 5.92 Å². The Kier molecular flexibility index (Phi) is 10.2. The van der Waals surface area contributed by atoms with Gasteiger partial charge < -0.3 is 24.6 Å². The molecule has 208 valence electrons. The highest BCUT2D eigenvalue weighted by atomic mass is 19.1. The molecule has 0 aromatic heterocycles. The molecule has 0 unspecified atom stereocenters. The molecule has 0 atom stereocenters. The van der Waals surface area contributed by atoms with Crippen molar-refractivity contribution in [2.45, 2.75) is 52.4 Å². The van der Waals surface area contributed by atoms with Gasteiger partial charge >= 0.3 is 6.03 Å². The number of rotatable bonds is 11. The average molecular weight is 534 g/mol. The first-order valence-electron chi connectivity index (χ1n) is 13.8. The molecule has 0 bridgehead atoms. The maximum absolute atomic E-state index is 14.2. The van der Waals surface area contributed by atoms with Crippen molar-refractivity contribution >= 4 is 6.03 Å². The van der Waals surface area contributed by atoms with Gasteiger partial charge in [-0.05, 0) is 68.2 Å². The summed E-state index contributed by atoms with van der Waals surface area (Å²) in [6, 6.07) is 22.1. The number of benzene rings is 3. The van der Waals surface area contributed by atoms with E-state index in [1.165, 1.54) is 12.1 Å². The van der Waals surface area contributed by atoms with Crippen LogP contribution in [0.2, 0.25) is 0 Å². The summed E-state index contributed by atoms with van der Waals surface area (Å²) in [7, 11) is 2.10. The van der Waals surface area contributed by atoms with Crippen molar-refractivity contribution in [1.29, 1.82) is 0 Å². The summed E-state index contributed by atoms with van der Waals surface area (Å²) in [5.41, 5.74) is 2.73. The maximum atomic E-state index is 14.2. The number of nitrogens with zero attached hydrogens (tertiary/aromatic N) is 2. The zero-order valence-corrected chi connectivity index (χ0v) is 23.2. The third kappa shape index (κ3) is 8.99. The van der Waals surface area contributed by atoms with E-state index in [-0.39, 0.29) is 24.4 Å². The molecule has 4 rings (SSSR count). The van der Waals surface area contributed by atoms with Crippen LogP contribution in [0.1, 0.15) is 43.4 Å². The normalized spacial score (nSPS) is 14.3. The molecule has 1 heterocycles. The van der Waals surface area contributed by atoms with Gasteiger partial charge in [0, 0.05) is 24.2 Å². The van der Waals surface area contributed by atoms with Gasteiger partial charge in [-0.1, -0.05) is 62.4 Å². The summed E-state index contributed by atoms with van der Waals surface area (Å²) in [6.07, 6.45) is 1.83. The minimum atomic E-state index is -0.374. The molecule has 6 nitrogen and oxygen atoms in total. The van der Waals surface area contributed by atoms with Gasteiger partial charge in [0.2, 0.25) is 0 Å². The topological polar surface area (TPSA) is 54.0 Å². The molecule has 1 aliphatic heterocycles. The van der Waals surface area contributed by atoms with Gasteiger partial charge in [0.15, 0.2) is 0 Å². The number of hydrogen-bond donors (Lipinski definition) is 1. The van der Waals surface area contributed by atoms with Gasteiger partial charge in [-0.25, -0.2) is 9.18 Å². The molecule has 3 aromatic carbocycles. The van der Waals surface area contributed by atoms with E-state index in [9.17, 15) is 9.18 Å². The highest BCUT2D eigenvalue weighted by molar-refractivity contribution is 5.74. The summed E-state index contributed by atoms with van der Waals surface area (Å²) in [5.74, 6) is 1.32. The van der Waals surface area contributed by atoms with Gasteiger partial charge in [-0.3, -0.25) is 0 Å². The lowest BCUT2D eigenvalue weighted by Gasteiger charge is -2.32. The Balaban J connectivity index is 1.50. The fraction of sp³-hybridized carbons (Fsp3) is 0.406. The number of carbonyl (C=O) groups is 1. The molecule has 1 saturated heterocycles. The highest BCUT2D eigenvalue weighted by Crippen LogP contribution is 2.25. The second-order valence-corrected chi connectivity index (χ2v) is 10.8. The van der Waals surface area contributed by atoms with Crippen molar-refractivity contribution in [3.8, 4) is 11.5 Å². The standard InChI is InChI=1S/C32H40FN3O3/c1-24(2)22-38-30-13-9-25(10-14-30)20-36(32(37)34-29-15-17-35(3)18-16-29)21-27-11-12-28(33)19-31(27)39-23-26-7-5-4-6-8-26/h4-14,19,24,29H,15-18,20-23H2,1-3H3,(H,34,37). The molecule has 0 aliphatic carbocycles. The van der Waals surface area contributed by atoms with Crippen molar-refractivity contribution in [3.63, 3.8) is 0 Å². The van der Waals surface area contributed by atoms with Crippen LogP contribution in [0.15, 0.2) is 72.8 Å². The molecule has 0 radical (unpaired) electrons. The Morgan fingerprint density at radius 3 is 2.38 bits per heavy atom. The fourth-order valence-electron chi connectivity index (χ4n) is 4.53. The van der Waals surface area contributed by atoms with Crippen molar-refractivity contribution in [3.05, 3.63) is 95.3 Å². The minimum Gasteiger partial charge on any atom is -0.493 e. The number of ether oxygens (including phenoxy) is 2. The molecule has 1 fully saturated rings. The number of carbonyl (C=O) groups excluding carboxylic acids is 1. The number of nitrogens with one attached hydrogen (secondary N) is 1. The number of likely N-dealkylation sites (tertiary alicyclic amines) is 1. The molecule has 7 heteroatoms. The Morgan fingerprint density at radius 1 is 0.974 bits per heavy atom. The lowest BCUT2D eigenvalue weighted by molar-refractivity contribution is 0.175. The summed E-state index contributed by atoms with van der Waals surface area (Å²) in [4.78, 5) is 17.6. The SMILES string of the molecule is CC(C)COc1ccc(CN(Cc2ccc(F)cc2OCc2ccccc2)C(=O)NC2CCN(C)CC2)cc1. The number of hydrogen-bond acceptors (Lipinski definition) is 4. The second-order valence-electron chi connectivity index (χ2n) is 10.8. The predicted molar refractivity (Wildman–Crippen MR) is 152 cm³/mol. The Labute approximate surface area is 231 Å². The van der Waals surface area contributed by atoms with Gasteiger partial charge in [-0.15, -0.1) is 0 Å². The van der Waals surface area contributed by atoms with Crippen molar-refractivity contribution in [1.82, 2.24) is 15.1 Å². The highest BCUT2D eigenvalue weighted by Gasteiger charge is 2.23. The molecule has 1 aliphatic rings. The van der Waals surface area contributed by atoms with Crippen LogP contribution in [0.4, 0.5) is 9.18 Å². The fourth-order valence-corrected chi connectivity index (χ4v) is 4.53. The van der Waals surface area contributed by atoms with Crippen LogP contribution in [0.5, 0.6) is 11.5 Å². The first-order valence-corrected chi connectivity index (χ1v) is 13.8. The summed E-state index contributed by atoms with van der Waals surface area (Å²) < 4.78 is 26.1. The zero-order valence-electron chi connectivity index (χ0n) is 23.2. The first kappa shape index (κ1) is 28.4. The van der Waals surface area contributed by atoms with E-state index in [0.717, 1.165) is 48.4 Å². The summed E-state index contributed by atoms with van der Waals surface area (Å²) in [5, 5.41) is 3.23. The monoisotopic (exact) mass is 533 g/mol. The van der Waals surface area contributed by atoms with E-state index in [1.54, 1.807) is 11.0 Å². The van der Waals surface area contributed by atoms with Crippen LogP contribution < -0.4 is 14.8 Å². The van der Waals surface area contributed by atoms with Crippen LogP contribution in [-0.4, -0.2) is 48.6 Å². The van der Waals surface area contributed by atoms with Crippen LogP contribution in [0.3, 0.4) is 0 Å². The number of amides is 2. The van der Waals surface area contributed by atoms with E-state index >= 15 is 0 Å². The first-order chi connectivity index (χ1) is 18.9. The molecule has 3 aromatic rings. The number of piperidine rings is 1. The smallest absolute Gasteiger partial charge is 0.318 e. The minimum absolute atomic E-state index is 0.130. The molecule has 0 saturated carbocycles. The number of urea groups is 1. The molecular formula is C32H40FN3O3. The van der Waals surface area contributed by atoms with E-state index in [1.807, 2.05) is 54.6 Å². The largest absolute Gasteiger partial charge is 0.493 e. The van der Waals surface area contributed by atoms with E-state index in [2.05, 4.69) is 31.1 Å². The van der Waals surface area contributed by atoms with Crippen molar-refractivity contribution in [2.75, 3.05) is 26.7 Å². The quantitative estimate of drug-likeness (QED) is 0.317. The van der Waals surface area contributed by atoms with Gasteiger partial charge in [-0.2, -0.15) is 0 Å². The molecule has 2 amide bonds. The lowest BCUT2D eigenvalue weighted by Crippen LogP contribution is -2.48. The Bertz CT molecular complexity index is 1180. The van der Waals surface area contributed by atoms with Crippen LogP contribution in [0.25, 0.3) is 0 Å². The average Bonchev–Trinajstić information content (AvgIpc) is 2.94. The van der Waals surface area contributed by atoms with Gasteiger partial charge in [0.1, 0.15) is 23.9 Å². The summed E-state index contributed by atoms with van der Waals surface area (Å²) >= 11 is 0. The van der Waals surface area contributed by atoms with Crippen LogP contribution in [0, 0.1) is 11.7 Å². The van der Waals surface area contributed by atoms with E-state index in [4.69, 9.17) is 9.47 Å². The molecular weight excluding hydrogens is 493 g/mol. The van der Waals surface area contributed by atoms with Crippen LogP contribution in [-0.2, 0) is 19.7 Å². The zero-order chi connectivity index (χ0) is 27.6. The van der Waals surface area contributed by atoms with E-state index < -0.39 is 0 Å².